The van der Waals surface area contributed by atoms with Crippen molar-refractivity contribution in [2.24, 2.45) is 28.6 Å². The summed E-state index contributed by atoms with van der Waals surface area (Å²) in [7, 11) is 0. The van der Waals surface area contributed by atoms with Crippen molar-refractivity contribution in [2.75, 3.05) is 4.90 Å². The lowest BCUT2D eigenvalue weighted by Crippen LogP contribution is -2.45. The Morgan fingerprint density at radius 1 is 0.671 bits per heavy atom. The Kier molecular flexibility index (Phi) is 10.8. The van der Waals surface area contributed by atoms with Gasteiger partial charge in [-0.1, -0.05) is 216 Å². The summed E-state index contributed by atoms with van der Waals surface area (Å²) in [6, 6.07) is 34.4. The molecule has 70 heavy (non-hydrogen) atoms. The van der Waals surface area contributed by atoms with Crippen LogP contribution in [0.3, 0.4) is 0 Å². The van der Waals surface area contributed by atoms with Crippen LogP contribution >= 0.6 is 0 Å². The topological polar surface area (TPSA) is 15.3 Å². The van der Waals surface area contributed by atoms with Gasteiger partial charge < -0.3 is 10.2 Å². The highest BCUT2D eigenvalue weighted by Crippen LogP contribution is 2.66. The summed E-state index contributed by atoms with van der Waals surface area (Å²) < 4.78 is 0. The lowest BCUT2D eigenvalue weighted by atomic mass is 9.66. The fraction of sp³-hybridized carbons (Fsp3) is 0.206. The lowest BCUT2D eigenvalue weighted by Gasteiger charge is -2.47. The van der Waals surface area contributed by atoms with Crippen LogP contribution in [-0.4, -0.2) is 11.6 Å². The number of nitrogens with one attached hydrogen (secondary N) is 1. The van der Waals surface area contributed by atoms with Crippen LogP contribution in [0.4, 0.5) is 11.4 Å². The SMILES string of the molecule is C=CC1C=CC(NC23C=CC=C4C=CC=CC42C3)=CC1C.C=Cc1ccc(N(c2ccc3c4ccccc4c4c5ccccc5c5c(c4c3c2)CC=CC=C5)C2C=CCC=C3C=CC(C)CC32C)cc1. The number of rotatable bonds is 7. The molecule has 0 saturated heterocycles. The van der Waals surface area contributed by atoms with Gasteiger partial charge in [-0.2, -0.15) is 0 Å². The van der Waals surface area contributed by atoms with Crippen molar-refractivity contribution in [2.45, 2.75) is 58.0 Å². The minimum Gasteiger partial charge on any atom is -0.375 e. The summed E-state index contributed by atoms with van der Waals surface area (Å²) in [5, 5.41) is 14.4. The van der Waals surface area contributed by atoms with Gasteiger partial charge in [0, 0.05) is 33.8 Å². The van der Waals surface area contributed by atoms with Crippen molar-refractivity contribution in [3.05, 3.63) is 253 Å². The Balaban J connectivity index is 0.000000200. The van der Waals surface area contributed by atoms with Crippen LogP contribution in [0.2, 0.25) is 0 Å². The van der Waals surface area contributed by atoms with Crippen molar-refractivity contribution in [1.29, 1.82) is 0 Å². The molecule has 0 aliphatic heterocycles. The third-order valence-electron chi connectivity index (χ3n) is 16.7. The summed E-state index contributed by atoms with van der Waals surface area (Å²) in [5.74, 6) is 1.47. The maximum absolute atomic E-state index is 4.04. The largest absolute Gasteiger partial charge is 0.375 e. The number of allylic oxidation sites excluding steroid dienone is 16. The van der Waals surface area contributed by atoms with Crippen LogP contribution in [-0.2, 0) is 6.42 Å². The molecule has 0 heterocycles. The van der Waals surface area contributed by atoms with E-state index in [4.69, 9.17) is 0 Å². The van der Waals surface area contributed by atoms with Crippen LogP contribution < -0.4 is 10.2 Å². The Hall–Kier alpha value is -7.42. The third-order valence-corrected chi connectivity index (χ3v) is 16.7. The number of fused-ring (bicyclic) bond motifs is 12. The molecule has 7 aliphatic carbocycles. The van der Waals surface area contributed by atoms with Crippen molar-refractivity contribution < 1.29 is 0 Å². The molecule has 0 radical (unpaired) electrons. The van der Waals surface area contributed by atoms with E-state index in [1.165, 1.54) is 82.4 Å². The first-order chi connectivity index (χ1) is 34.2. The van der Waals surface area contributed by atoms with E-state index >= 15 is 0 Å². The molecule has 7 atom stereocenters. The number of benzene rings is 6. The van der Waals surface area contributed by atoms with Crippen molar-refractivity contribution in [1.82, 2.24) is 5.32 Å². The second kappa shape index (κ2) is 17.2. The van der Waals surface area contributed by atoms with E-state index in [1.807, 2.05) is 12.2 Å². The molecule has 0 aromatic heterocycles. The first-order valence-corrected chi connectivity index (χ1v) is 25.5. The van der Waals surface area contributed by atoms with Gasteiger partial charge in [0.25, 0.3) is 0 Å². The minimum absolute atomic E-state index is 0.0540. The molecular formula is C68H62N2. The minimum atomic E-state index is -0.0540. The quantitative estimate of drug-likeness (QED) is 0.127. The molecule has 1 spiro atoms. The van der Waals surface area contributed by atoms with Crippen LogP contribution in [0.25, 0.3) is 55.2 Å². The maximum atomic E-state index is 4.04. The van der Waals surface area contributed by atoms with Gasteiger partial charge in [0.2, 0.25) is 0 Å². The summed E-state index contributed by atoms with van der Waals surface area (Å²) in [6.45, 7) is 15.1. The molecule has 1 fully saturated rings. The fourth-order valence-electron chi connectivity index (χ4n) is 13.1. The molecule has 2 nitrogen and oxygen atoms in total. The zero-order valence-corrected chi connectivity index (χ0v) is 40.8. The second-order valence-corrected chi connectivity index (χ2v) is 20.9. The molecule has 1 N–H and O–H groups in total. The summed E-state index contributed by atoms with van der Waals surface area (Å²) in [5.41, 5.74) is 10.6. The highest BCUT2D eigenvalue weighted by Gasteiger charge is 2.67. The van der Waals surface area contributed by atoms with E-state index in [1.54, 1.807) is 0 Å². The van der Waals surface area contributed by atoms with Crippen molar-refractivity contribution in [3.8, 4) is 0 Å². The van der Waals surface area contributed by atoms with Gasteiger partial charge in [-0.3, -0.25) is 0 Å². The van der Waals surface area contributed by atoms with Gasteiger partial charge in [0.15, 0.2) is 0 Å². The Bertz CT molecular complexity index is 3520. The van der Waals surface area contributed by atoms with E-state index in [2.05, 4.69) is 251 Å². The van der Waals surface area contributed by atoms with Gasteiger partial charge >= 0.3 is 0 Å². The van der Waals surface area contributed by atoms with Gasteiger partial charge in [-0.15, -0.1) is 6.58 Å². The number of nitrogens with zero attached hydrogens (tertiary/aromatic N) is 1. The molecule has 2 heteroatoms. The number of hydrogen-bond donors (Lipinski definition) is 1. The predicted molar refractivity (Wildman–Crippen MR) is 302 cm³/mol. The van der Waals surface area contributed by atoms with Crippen LogP contribution in [0, 0.1) is 28.6 Å². The average molecular weight is 907 g/mol. The second-order valence-electron chi connectivity index (χ2n) is 20.9. The Morgan fingerprint density at radius 3 is 2.23 bits per heavy atom. The smallest absolute Gasteiger partial charge is 0.0703 e. The molecule has 1 saturated carbocycles. The molecule has 7 aliphatic rings. The van der Waals surface area contributed by atoms with E-state index in [0.717, 1.165) is 31.2 Å². The lowest BCUT2D eigenvalue weighted by molar-refractivity contribution is 0.290. The number of hydrogen-bond acceptors (Lipinski definition) is 2. The highest BCUT2D eigenvalue weighted by molar-refractivity contribution is 6.33. The molecular weight excluding hydrogens is 845 g/mol. The summed E-state index contributed by atoms with van der Waals surface area (Å²) in [4.78, 5) is 2.62. The van der Waals surface area contributed by atoms with Crippen LogP contribution in [0.5, 0.6) is 0 Å². The first kappa shape index (κ1) is 43.8. The summed E-state index contributed by atoms with van der Waals surface area (Å²) >= 11 is 0. The van der Waals surface area contributed by atoms with Crippen molar-refractivity contribution >= 4 is 66.6 Å². The van der Waals surface area contributed by atoms with Gasteiger partial charge in [-0.05, 0) is 139 Å². The zero-order chi connectivity index (χ0) is 47.6. The molecule has 6 aromatic carbocycles. The fourth-order valence-corrected chi connectivity index (χ4v) is 13.1. The average Bonchev–Trinajstić information content (AvgIpc) is 4.13. The van der Waals surface area contributed by atoms with Gasteiger partial charge in [0.1, 0.15) is 0 Å². The molecule has 7 unspecified atom stereocenters. The van der Waals surface area contributed by atoms with Crippen LogP contribution in [0.15, 0.2) is 236 Å². The van der Waals surface area contributed by atoms with E-state index < -0.39 is 0 Å². The molecule has 0 amide bonds. The Labute approximate surface area is 414 Å². The normalized spacial score (nSPS) is 27.5. The first-order valence-electron chi connectivity index (χ1n) is 25.5. The standard InChI is InChI=1S/C48H41N.C20H21N/c1-4-33-23-26-35(27-24-33)49(45-21-13-8-14-34-25-22-32(2)31-48(34,45)3)36-28-29-40-39-17-10-12-20-42(39)46-41-19-11-9-16-38(41)37-15-6-5-7-18-43(37)47(46)44(40)30-36;1-3-16-9-10-18(13-15(16)2)21-20-12-6-8-17-7-4-5-11-19(17,20)14-20/h4-7,9-17,19-30,32,45H,1,8,18,31H2,2-3H3;3-13,15-16,21H,1,14H2,2H3. The zero-order valence-electron chi connectivity index (χ0n) is 40.8. The van der Waals surface area contributed by atoms with Gasteiger partial charge in [0.05, 0.1) is 11.6 Å². The van der Waals surface area contributed by atoms with Crippen molar-refractivity contribution in [3.63, 3.8) is 0 Å². The predicted octanol–water partition coefficient (Wildman–Crippen LogP) is 17.3. The van der Waals surface area contributed by atoms with Gasteiger partial charge in [-0.25, -0.2) is 0 Å². The van der Waals surface area contributed by atoms with E-state index in [-0.39, 0.29) is 22.4 Å². The Morgan fingerprint density at radius 2 is 1.43 bits per heavy atom. The number of anilines is 2. The molecule has 13 rings (SSSR count). The maximum Gasteiger partial charge on any atom is 0.0703 e. The third kappa shape index (κ3) is 7.06. The van der Waals surface area contributed by atoms with E-state index in [9.17, 15) is 0 Å². The molecule has 0 bridgehead atoms. The summed E-state index contributed by atoms with van der Waals surface area (Å²) in [6.07, 6.45) is 51.7. The highest BCUT2D eigenvalue weighted by atomic mass is 15.2. The molecule has 344 valence electrons. The molecule has 6 aromatic rings. The van der Waals surface area contributed by atoms with E-state index in [0.29, 0.717) is 17.8 Å². The van der Waals surface area contributed by atoms with Crippen LogP contribution in [0.1, 0.15) is 56.7 Å². The monoisotopic (exact) mass is 906 g/mol.